The Morgan fingerprint density at radius 3 is 3.00 bits per heavy atom. The second-order valence-electron chi connectivity index (χ2n) is 6.55. The molecule has 1 fully saturated rings. The quantitative estimate of drug-likeness (QED) is 0.601. The van der Waals surface area contributed by atoms with Crippen LogP contribution in [-0.4, -0.2) is 49.7 Å². The third kappa shape index (κ3) is 3.47. The maximum Gasteiger partial charge on any atom is 0.323 e. The number of nitrogens with one attached hydrogen (secondary N) is 1. The number of carbonyl (C=O) groups is 1. The number of anilines is 1. The third-order valence-electron chi connectivity index (χ3n) is 4.40. The highest BCUT2D eigenvalue weighted by molar-refractivity contribution is 6.33. The number of hydrogen-bond donors (Lipinski definition) is 2. The summed E-state index contributed by atoms with van der Waals surface area (Å²) in [6, 6.07) is 4.61. The van der Waals surface area contributed by atoms with Gasteiger partial charge in [-0.05, 0) is 19.9 Å². The highest BCUT2D eigenvalue weighted by atomic mass is 35.5. The first-order valence-corrected chi connectivity index (χ1v) is 8.67. The number of rotatable bonds is 5. The van der Waals surface area contributed by atoms with Gasteiger partial charge in [0.1, 0.15) is 18.2 Å². The van der Waals surface area contributed by atoms with E-state index >= 15 is 0 Å². The van der Waals surface area contributed by atoms with Crippen molar-refractivity contribution >= 4 is 23.3 Å². The predicted octanol–water partition coefficient (Wildman–Crippen LogP) is 1.57. The van der Waals surface area contributed by atoms with Crippen molar-refractivity contribution in [1.29, 1.82) is 0 Å². The molecule has 3 rings (SSSR count). The monoisotopic (exact) mass is 370 g/mol. The first-order valence-electron chi connectivity index (χ1n) is 8.29. The van der Waals surface area contributed by atoms with Crippen molar-refractivity contribution in [2.75, 3.05) is 25.3 Å². The van der Waals surface area contributed by atoms with Crippen molar-refractivity contribution in [3.05, 3.63) is 28.8 Å². The molecule has 2 heterocycles. The molecule has 1 aromatic carbocycles. The lowest BCUT2D eigenvalue weighted by Gasteiger charge is -2.40. The minimum absolute atomic E-state index is 0.0806. The van der Waals surface area contributed by atoms with E-state index in [0.29, 0.717) is 22.9 Å². The smallest absolute Gasteiger partial charge is 0.323 e. The van der Waals surface area contributed by atoms with Crippen LogP contribution in [0.5, 0.6) is 0 Å². The largest absolute Gasteiger partial charge is 0.462 e. The van der Waals surface area contributed by atoms with Crippen molar-refractivity contribution in [1.82, 2.24) is 5.32 Å². The number of hydroxylamine groups is 1. The van der Waals surface area contributed by atoms with E-state index in [9.17, 15) is 9.90 Å². The van der Waals surface area contributed by atoms with E-state index in [-0.39, 0.29) is 19.1 Å². The molecule has 0 bridgehead atoms. The average Bonchev–Trinajstić information content (AvgIpc) is 2.89. The summed E-state index contributed by atoms with van der Waals surface area (Å²) in [4.78, 5) is 18.0. The molecule has 2 N–H and O–H groups in total. The SMILES string of the molecule is CC(C)OCCOC(=O)[C@@H]1C[C@@]2(O)c3cccc(Cl)c3N(C)O[C@H]2N1. The summed E-state index contributed by atoms with van der Waals surface area (Å²) in [5.41, 5.74) is -0.126. The zero-order valence-corrected chi connectivity index (χ0v) is 15.2. The number of aliphatic hydroxyl groups is 1. The van der Waals surface area contributed by atoms with Crippen LogP contribution in [0.25, 0.3) is 0 Å². The maximum absolute atomic E-state index is 12.3. The summed E-state index contributed by atoms with van der Waals surface area (Å²) in [6.07, 6.45) is -0.534. The van der Waals surface area contributed by atoms with E-state index in [4.69, 9.17) is 25.9 Å². The number of nitrogens with zero attached hydrogens (tertiary/aromatic N) is 1. The minimum Gasteiger partial charge on any atom is -0.462 e. The van der Waals surface area contributed by atoms with E-state index in [1.54, 1.807) is 25.2 Å². The Kier molecular flexibility index (Phi) is 5.22. The van der Waals surface area contributed by atoms with Crippen LogP contribution in [0.15, 0.2) is 18.2 Å². The third-order valence-corrected chi connectivity index (χ3v) is 4.70. The Bertz CT molecular complexity index is 656. The van der Waals surface area contributed by atoms with Gasteiger partial charge in [-0.25, -0.2) is 0 Å². The van der Waals surface area contributed by atoms with E-state index in [1.807, 2.05) is 13.8 Å². The molecule has 0 saturated carbocycles. The first-order chi connectivity index (χ1) is 11.8. The maximum atomic E-state index is 12.3. The Labute approximate surface area is 151 Å². The van der Waals surface area contributed by atoms with Gasteiger partial charge in [-0.3, -0.25) is 20.0 Å². The average molecular weight is 371 g/mol. The van der Waals surface area contributed by atoms with Gasteiger partial charge in [0.15, 0.2) is 6.23 Å². The number of halogens is 1. The van der Waals surface area contributed by atoms with Gasteiger partial charge in [-0.15, -0.1) is 0 Å². The highest BCUT2D eigenvalue weighted by Crippen LogP contribution is 2.47. The lowest BCUT2D eigenvalue weighted by atomic mass is 9.87. The summed E-state index contributed by atoms with van der Waals surface area (Å²) < 4.78 is 10.6. The molecular weight excluding hydrogens is 348 g/mol. The lowest BCUT2D eigenvalue weighted by molar-refractivity contribution is -0.148. The van der Waals surface area contributed by atoms with E-state index in [1.165, 1.54) is 5.06 Å². The van der Waals surface area contributed by atoms with Crippen LogP contribution in [0, 0.1) is 0 Å². The number of carbonyl (C=O) groups excluding carboxylic acids is 1. The fourth-order valence-corrected chi connectivity index (χ4v) is 3.53. The summed E-state index contributed by atoms with van der Waals surface area (Å²) in [6.45, 7) is 4.33. The second kappa shape index (κ2) is 7.09. The molecule has 138 valence electrons. The summed E-state index contributed by atoms with van der Waals surface area (Å²) in [7, 11) is 1.71. The molecule has 8 heteroatoms. The number of benzene rings is 1. The molecule has 0 aliphatic carbocycles. The minimum atomic E-state index is -1.36. The predicted molar refractivity (Wildman–Crippen MR) is 92.2 cm³/mol. The van der Waals surface area contributed by atoms with Crippen LogP contribution < -0.4 is 10.4 Å². The number of hydrogen-bond acceptors (Lipinski definition) is 7. The van der Waals surface area contributed by atoms with Gasteiger partial charge in [-0.1, -0.05) is 23.7 Å². The van der Waals surface area contributed by atoms with E-state index in [2.05, 4.69) is 5.32 Å². The van der Waals surface area contributed by atoms with Crippen LogP contribution in [-0.2, 0) is 24.7 Å². The molecule has 2 aliphatic rings. The summed E-state index contributed by atoms with van der Waals surface area (Å²) in [5.74, 6) is -0.440. The fourth-order valence-electron chi connectivity index (χ4n) is 3.24. The molecular formula is C17H23ClN2O5. The molecule has 3 atom stereocenters. The number of ether oxygens (including phenoxy) is 2. The molecule has 1 aromatic rings. The van der Waals surface area contributed by atoms with Gasteiger partial charge < -0.3 is 14.6 Å². The van der Waals surface area contributed by atoms with Crippen LogP contribution in [0.1, 0.15) is 25.8 Å². The van der Waals surface area contributed by atoms with Crippen molar-refractivity contribution in [3.63, 3.8) is 0 Å². The normalized spacial score (nSPS) is 28.0. The van der Waals surface area contributed by atoms with Gasteiger partial charge >= 0.3 is 5.97 Å². The number of esters is 1. The zero-order valence-electron chi connectivity index (χ0n) is 14.5. The highest BCUT2D eigenvalue weighted by Gasteiger charge is 2.55. The Morgan fingerprint density at radius 1 is 1.52 bits per heavy atom. The van der Waals surface area contributed by atoms with Crippen molar-refractivity contribution < 1.29 is 24.2 Å². The molecule has 2 aliphatic heterocycles. The Hall–Kier alpha value is -1.38. The summed E-state index contributed by atoms with van der Waals surface area (Å²) in [5, 5.41) is 16.1. The fraction of sp³-hybridized carbons (Fsp3) is 0.588. The van der Waals surface area contributed by atoms with Gasteiger partial charge in [0.25, 0.3) is 0 Å². The van der Waals surface area contributed by atoms with Gasteiger partial charge in [-0.2, -0.15) is 0 Å². The molecule has 7 nitrogen and oxygen atoms in total. The molecule has 0 radical (unpaired) electrons. The van der Waals surface area contributed by atoms with E-state index < -0.39 is 23.8 Å². The molecule has 1 saturated heterocycles. The number of para-hydroxylation sites is 1. The Balaban J connectivity index is 1.71. The number of fused-ring (bicyclic) bond motifs is 3. The van der Waals surface area contributed by atoms with Crippen molar-refractivity contribution in [3.8, 4) is 0 Å². The standard InChI is InChI=1S/C17H23ClN2O5/c1-10(2)23-7-8-24-15(21)13-9-17(22)11-5-4-6-12(18)14(11)20(3)25-16(17)19-13/h4-6,10,13,16,19,22H,7-9H2,1-3H3/t13-,16+,17+/m0/s1. The molecule has 0 unspecified atom stereocenters. The van der Waals surface area contributed by atoms with Gasteiger partial charge in [0.05, 0.1) is 23.4 Å². The van der Waals surface area contributed by atoms with Crippen molar-refractivity contribution in [2.45, 2.75) is 44.2 Å². The second-order valence-corrected chi connectivity index (χ2v) is 6.96. The van der Waals surface area contributed by atoms with Crippen LogP contribution in [0.4, 0.5) is 5.69 Å². The molecule has 0 spiro atoms. The van der Waals surface area contributed by atoms with Crippen LogP contribution in [0.3, 0.4) is 0 Å². The van der Waals surface area contributed by atoms with Crippen LogP contribution >= 0.6 is 11.6 Å². The summed E-state index contributed by atoms with van der Waals surface area (Å²) >= 11 is 6.24. The molecule has 0 amide bonds. The topological polar surface area (TPSA) is 80.3 Å². The van der Waals surface area contributed by atoms with Gasteiger partial charge in [0, 0.05) is 19.0 Å². The zero-order chi connectivity index (χ0) is 18.2. The van der Waals surface area contributed by atoms with E-state index in [0.717, 1.165) is 0 Å². The Morgan fingerprint density at radius 2 is 2.28 bits per heavy atom. The van der Waals surface area contributed by atoms with Crippen molar-refractivity contribution in [2.24, 2.45) is 0 Å². The molecule has 25 heavy (non-hydrogen) atoms. The molecule has 0 aromatic heterocycles. The first kappa shape index (κ1) is 18.4. The lowest BCUT2D eigenvalue weighted by Crippen LogP contribution is -2.51. The van der Waals surface area contributed by atoms with Gasteiger partial charge in [0.2, 0.25) is 0 Å². The van der Waals surface area contributed by atoms with Crippen LogP contribution in [0.2, 0.25) is 5.02 Å².